The van der Waals surface area contributed by atoms with E-state index in [1.165, 1.54) is 31.2 Å². The Morgan fingerprint density at radius 2 is 1.50 bits per heavy atom. The molecule has 0 N–H and O–H groups in total. The van der Waals surface area contributed by atoms with E-state index in [4.69, 9.17) is 28.4 Å². The van der Waals surface area contributed by atoms with E-state index in [0.29, 0.717) is 12.2 Å². The molecule has 1 heterocycles. The zero-order valence-corrected chi connectivity index (χ0v) is 22.8. The molecule has 1 aliphatic heterocycles. The second-order valence-corrected chi connectivity index (χ2v) is 9.37. The van der Waals surface area contributed by atoms with Gasteiger partial charge in [0.05, 0.1) is 6.61 Å². The first-order chi connectivity index (χ1) is 20.1. The number of rotatable bonds is 12. The molecule has 1 aliphatic rings. The predicted molar refractivity (Wildman–Crippen MR) is 142 cm³/mol. The third-order valence-corrected chi connectivity index (χ3v) is 6.19. The maximum Gasteiger partial charge on any atom is 0.490 e. The fourth-order valence-electron chi connectivity index (χ4n) is 4.10. The average Bonchev–Trinajstić information content (AvgIpc) is 3.41. The van der Waals surface area contributed by atoms with Crippen molar-refractivity contribution in [3.63, 3.8) is 0 Å². The van der Waals surface area contributed by atoms with Gasteiger partial charge in [0.15, 0.2) is 12.4 Å². The van der Waals surface area contributed by atoms with Crippen molar-refractivity contribution < 1.29 is 51.2 Å². The van der Waals surface area contributed by atoms with E-state index in [0.717, 1.165) is 24.3 Å². The molecule has 0 bridgehead atoms. The molecule has 42 heavy (non-hydrogen) atoms. The van der Waals surface area contributed by atoms with Crippen LogP contribution in [0.5, 0.6) is 5.75 Å². The lowest BCUT2D eigenvalue weighted by Gasteiger charge is -2.35. The molecule has 0 saturated carbocycles. The molecule has 3 aromatic rings. The van der Waals surface area contributed by atoms with Crippen LogP contribution in [0.25, 0.3) is 0 Å². The van der Waals surface area contributed by atoms with Crippen LogP contribution in [0.2, 0.25) is 0 Å². The maximum atomic E-state index is 13.3. The molecule has 0 aromatic heterocycles. The van der Waals surface area contributed by atoms with Crippen LogP contribution in [0.3, 0.4) is 0 Å². The van der Waals surface area contributed by atoms with Crippen molar-refractivity contribution in [3.8, 4) is 5.75 Å². The van der Waals surface area contributed by atoms with Crippen molar-refractivity contribution >= 4 is 11.9 Å². The number of alkyl halides is 3. The molecule has 3 aromatic carbocycles. The van der Waals surface area contributed by atoms with Crippen LogP contribution < -0.4 is 4.74 Å². The Hall–Kier alpha value is -4.67. The molecule has 3 atom stereocenters. The first-order valence-corrected chi connectivity index (χ1v) is 13.1. The van der Waals surface area contributed by atoms with E-state index >= 15 is 0 Å². The lowest BCUT2D eigenvalue weighted by Crippen LogP contribution is -2.48. The molecule has 3 unspecified atom stereocenters. The zero-order chi connectivity index (χ0) is 30.2. The SMILES string of the molecule is CCOC(=O)C(C)(OC1=COC(Cc2ccccc2)O1)C(OC(=O)C(F)(F)F)c1ccc(OCc2ccccc2)cc1. The van der Waals surface area contributed by atoms with Gasteiger partial charge in [-0.15, -0.1) is 0 Å². The summed E-state index contributed by atoms with van der Waals surface area (Å²) in [6, 6.07) is 24.2. The van der Waals surface area contributed by atoms with Gasteiger partial charge in [-0.25, -0.2) is 9.59 Å². The van der Waals surface area contributed by atoms with Gasteiger partial charge in [-0.05, 0) is 42.7 Å². The third kappa shape index (κ3) is 7.74. The fourth-order valence-corrected chi connectivity index (χ4v) is 4.10. The molecule has 8 nitrogen and oxygen atoms in total. The number of carbonyl (C=O) groups is 2. The summed E-state index contributed by atoms with van der Waals surface area (Å²) in [4.78, 5) is 25.3. The lowest BCUT2D eigenvalue weighted by atomic mass is 9.92. The molecule has 0 aliphatic carbocycles. The molecule has 11 heteroatoms. The Labute approximate surface area is 240 Å². The Morgan fingerprint density at radius 3 is 2.10 bits per heavy atom. The molecule has 222 valence electrons. The van der Waals surface area contributed by atoms with Gasteiger partial charge < -0.3 is 28.4 Å². The van der Waals surface area contributed by atoms with Gasteiger partial charge in [-0.1, -0.05) is 72.8 Å². The molecule has 0 amide bonds. The summed E-state index contributed by atoms with van der Waals surface area (Å²) in [5.41, 5.74) is -0.521. The molecule has 0 fully saturated rings. The number of ether oxygens (including phenoxy) is 6. The van der Waals surface area contributed by atoms with Crippen LogP contribution in [-0.2, 0) is 46.3 Å². The summed E-state index contributed by atoms with van der Waals surface area (Å²) in [6.45, 7) is 2.77. The Morgan fingerprint density at radius 1 is 0.881 bits per heavy atom. The van der Waals surface area contributed by atoms with Crippen molar-refractivity contribution in [2.75, 3.05) is 6.61 Å². The van der Waals surface area contributed by atoms with Crippen LogP contribution in [0.1, 0.15) is 36.6 Å². The van der Waals surface area contributed by atoms with Crippen LogP contribution in [-0.4, -0.2) is 36.6 Å². The highest BCUT2D eigenvalue weighted by Crippen LogP contribution is 2.39. The van der Waals surface area contributed by atoms with Gasteiger partial charge in [0, 0.05) is 6.42 Å². The molecular weight excluding hydrogens is 557 g/mol. The number of esters is 2. The number of hydrogen-bond donors (Lipinski definition) is 0. The standard InChI is InChI=1S/C31H29F3O8/c1-3-37-28(35)30(2,42-26-20-39-25(40-26)18-21-10-6-4-7-11-21)27(41-29(36)31(32,33)34)23-14-16-24(17-15-23)38-19-22-12-8-5-9-13-22/h4-17,20,25,27H,3,18-19H2,1-2H3. The van der Waals surface area contributed by atoms with Gasteiger partial charge in [-0.3, -0.25) is 0 Å². The highest BCUT2D eigenvalue weighted by atomic mass is 19.4. The summed E-state index contributed by atoms with van der Waals surface area (Å²) >= 11 is 0. The second-order valence-electron chi connectivity index (χ2n) is 9.37. The van der Waals surface area contributed by atoms with Crippen molar-refractivity contribution in [3.05, 3.63) is 114 Å². The van der Waals surface area contributed by atoms with E-state index < -0.39 is 36.1 Å². The highest BCUT2D eigenvalue weighted by Gasteiger charge is 2.53. The molecule has 0 radical (unpaired) electrons. The van der Waals surface area contributed by atoms with Crippen molar-refractivity contribution in [1.82, 2.24) is 0 Å². The molecule has 0 saturated heterocycles. The van der Waals surface area contributed by atoms with Crippen molar-refractivity contribution in [2.24, 2.45) is 0 Å². The quantitative estimate of drug-likeness (QED) is 0.233. The van der Waals surface area contributed by atoms with Gasteiger partial charge >= 0.3 is 24.1 Å². The van der Waals surface area contributed by atoms with E-state index in [1.54, 1.807) is 0 Å². The molecular formula is C31H29F3O8. The van der Waals surface area contributed by atoms with Crippen LogP contribution in [0.4, 0.5) is 13.2 Å². The molecule has 4 rings (SSSR count). The number of carbonyl (C=O) groups excluding carboxylic acids is 2. The summed E-state index contributed by atoms with van der Waals surface area (Å²) < 4.78 is 72.8. The van der Waals surface area contributed by atoms with Gasteiger partial charge in [0.1, 0.15) is 12.4 Å². The monoisotopic (exact) mass is 586 g/mol. The van der Waals surface area contributed by atoms with Gasteiger partial charge in [0.25, 0.3) is 0 Å². The van der Waals surface area contributed by atoms with Crippen LogP contribution in [0, 0.1) is 0 Å². The Kier molecular flexibility index (Phi) is 9.61. The second kappa shape index (κ2) is 13.3. The van der Waals surface area contributed by atoms with E-state index in [1.807, 2.05) is 60.7 Å². The topological polar surface area (TPSA) is 89.5 Å². The van der Waals surface area contributed by atoms with E-state index in [2.05, 4.69) is 0 Å². The van der Waals surface area contributed by atoms with Gasteiger partial charge in [-0.2, -0.15) is 13.2 Å². The number of benzene rings is 3. The van der Waals surface area contributed by atoms with Gasteiger partial charge in [0.2, 0.25) is 11.9 Å². The largest absolute Gasteiger partial charge is 0.490 e. The van der Waals surface area contributed by atoms with Crippen molar-refractivity contribution in [1.29, 1.82) is 0 Å². The molecule has 0 spiro atoms. The first kappa shape index (κ1) is 30.3. The predicted octanol–water partition coefficient (Wildman–Crippen LogP) is 6.17. The average molecular weight is 587 g/mol. The third-order valence-electron chi connectivity index (χ3n) is 6.19. The van der Waals surface area contributed by atoms with Crippen LogP contribution in [0.15, 0.2) is 97.1 Å². The summed E-state index contributed by atoms with van der Waals surface area (Å²) in [6.07, 6.45) is -6.68. The zero-order valence-electron chi connectivity index (χ0n) is 22.8. The van der Waals surface area contributed by atoms with E-state index in [-0.39, 0.29) is 24.7 Å². The highest BCUT2D eigenvalue weighted by molar-refractivity contribution is 5.82. The Bertz CT molecular complexity index is 1360. The summed E-state index contributed by atoms with van der Waals surface area (Å²) in [5, 5.41) is 0. The van der Waals surface area contributed by atoms with E-state index in [9.17, 15) is 22.8 Å². The minimum Gasteiger partial charge on any atom is -0.489 e. The lowest BCUT2D eigenvalue weighted by molar-refractivity contribution is -0.225. The van der Waals surface area contributed by atoms with Crippen LogP contribution >= 0.6 is 0 Å². The number of hydrogen-bond acceptors (Lipinski definition) is 8. The summed E-state index contributed by atoms with van der Waals surface area (Å²) in [5.74, 6) is -3.52. The first-order valence-electron chi connectivity index (χ1n) is 13.1. The number of halogens is 3. The Balaban J connectivity index is 1.59. The fraction of sp³-hybridized carbons (Fsp3) is 0.290. The minimum atomic E-state index is -5.35. The minimum absolute atomic E-state index is 0.00978. The normalized spacial score (nSPS) is 16.6. The smallest absolute Gasteiger partial charge is 0.489 e. The maximum absolute atomic E-state index is 13.3. The van der Waals surface area contributed by atoms with Crippen molar-refractivity contribution in [2.45, 2.75) is 51.0 Å². The summed E-state index contributed by atoms with van der Waals surface area (Å²) in [7, 11) is 0.